The van der Waals surface area contributed by atoms with Crippen LogP contribution in [0.2, 0.25) is 0 Å². The quantitative estimate of drug-likeness (QED) is 0.269. The van der Waals surface area contributed by atoms with Crippen molar-refractivity contribution in [1.29, 1.82) is 0 Å². The van der Waals surface area contributed by atoms with Crippen molar-refractivity contribution >= 4 is 11.6 Å². The average Bonchev–Trinajstić information content (AvgIpc) is 3.15. The van der Waals surface area contributed by atoms with Crippen molar-refractivity contribution in [2.24, 2.45) is 5.92 Å². The highest BCUT2D eigenvalue weighted by atomic mass is 35.5. The van der Waals surface area contributed by atoms with Gasteiger partial charge in [0.1, 0.15) is 0 Å². The van der Waals surface area contributed by atoms with Gasteiger partial charge >= 0.3 is 0 Å². The molecule has 3 N–H and O–H groups in total. The summed E-state index contributed by atoms with van der Waals surface area (Å²) in [6, 6.07) is 0. The number of ether oxygens (including phenoxy) is 1. The average molecular weight is 306 g/mol. The molecule has 1 aliphatic heterocycles. The van der Waals surface area contributed by atoms with E-state index in [0.717, 1.165) is 13.0 Å². The van der Waals surface area contributed by atoms with Gasteiger partial charge in [-0.3, -0.25) is 0 Å². The number of hydrogen-bond donors (Lipinski definition) is 1. The Morgan fingerprint density at radius 1 is 1.10 bits per heavy atom. The van der Waals surface area contributed by atoms with Crippen molar-refractivity contribution in [1.82, 2.24) is 6.15 Å². The van der Waals surface area contributed by atoms with E-state index in [-0.39, 0.29) is 11.0 Å². The van der Waals surface area contributed by atoms with Gasteiger partial charge in [-0.05, 0) is 25.7 Å². The van der Waals surface area contributed by atoms with Crippen LogP contribution in [-0.2, 0) is 4.74 Å². The largest absolute Gasteiger partial charge is 0.373 e. The first-order valence-corrected chi connectivity index (χ1v) is 8.74. The second-order valence-corrected chi connectivity index (χ2v) is 7.47. The van der Waals surface area contributed by atoms with Gasteiger partial charge in [0.2, 0.25) is 0 Å². The Kier molecular flexibility index (Phi) is 11.0. The lowest BCUT2D eigenvalue weighted by atomic mass is 9.86. The molecule has 0 aromatic rings. The standard InChI is InChI=1S/C17H33ClO.H3N/c1-4-5-6-7-8-9-10-11-12-15(2)17(3,18)13-16-14-19-16;/h15-16H,4-14H2,1-3H3;1H3. The SMILES string of the molecule is CCCCCCCCCCC(C)C(C)(Cl)CC1CO1.N. The molecule has 0 amide bonds. The Morgan fingerprint density at radius 3 is 2.10 bits per heavy atom. The van der Waals surface area contributed by atoms with E-state index in [1.807, 2.05) is 0 Å². The number of unbranched alkanes of at least 4 members (excludes halogenated alkanes) is 7. The Bertz CT molecular complexity index is 229. The molecule has 2 nitrogen and oxygen atoms in total. The molecule has 0 bridgehead atoms. The van der Waals surface area contributed by atoms with E-state index in [4.69, 9.17) is 16.3 Å². The lowest BCUT2D eigenvalue weighted by Crippen LogP contribution is -2.28. The van der Waals surface area contributed by atoms with Crippen molar-refractivity contribution in [2.75, 3.05) is 6.61 Å². The minimum absolute atomic E-state index is 0. The van der Waals surface area contributed by atoms with Crippen LogP contribution in [0.25, 0.3) is 0 Å². The summed E-state index contributed by atoms with van der Waals surface area (Å²) >= 11 is 6.64. The summed E-state index contributed by atoms with van der Waals surface area (Å²) in [7, 11) is 0. The summed E-state index contributed by atoms with van der Waals surface area (Å²) in [5.41, 5.74) is 0. The van der Waals surface area contributed by atoms with Crippen LogP contribution in [0.5, 0.6) is 0 Å². The van der Waals surface area contributed by atoms with Crippen molar-refractivity contribution in [3.05, 3.63) is 0 Å². The van der Waals surface area contributed by atoms with Gasteiger partial charge in [-0.25, -0.2) is 0 Å². The first-order valence-electron chi connectivity index (χ1n) is 8.36. The second kappa shape index (κ2) is 10.9. The molecular weight excluding hydrogens is 270 g/mol. The van der Waals surface area contributed by atoms with Crippen molar-refractivity contribution in [3.63, 3.8) is 0 Å². The molecule has 0 radical (unpaired) electrons. The molecular formula is C17H36ClNO. The second-order valence-electron chi connectivity index (χ2n) is 6.60. The molecule has 3 heteroatoms. The number of hydrogen-bond acceptors (Lipinski definition) is 2. The smallest absolute Gasteiger partial charge is 0.0826 e. The summed E-state index contributed by atoms with van der Waals surface area (Å²) in [4.78, 5) is -0.0672. The molecule has 1 fully saturated rings. The van der Waals surface area contributed by atoms with Gasteiger partial charge in [0.15, 0.2) is 0 Å². The molecule has 0 aliphatic carbocycles. The maximum atomic E-state index is 6.64. The number of alkyl halides is 1. The van der Waals surface area contributed by atoms with Gasteiger partial charge in [0.25, 0.3) is 0 Å². The van der Waals surface area contributed by atoms with Crippen LogP contribution >= 0.6 is 11.6 Å². The van der Waals surface area contributed by atoms with Gasteiger partial charge in [-0.1, -0.05) is 65.2 Å². The van der Waals surface area contributed by atoms with E-state index < -0.39 is 0 Å². The van der Waals surface area contributed by atoms with E-state index in [2.05, 4.69) is 20.8 Å². The van der Waals surface area contributed by atoms with E-state index in [1.54, 1.807) is 0 Å². The van der Waals surface area contributed by atoms with E-state index in [1.165, 1.54) is 57.8 Å². The minimum atomic E-state index is -0.0672. The fourth-order valence-corrected chi connectivity index (χ4v) is 3.00. The highest BCUT2D eigenvalue weighted by molar-refractivity contribution is 6.23. The zero-order valence-corrected chi connectivity index (χ0v) is 14.7. The van der Waals surface area contributed by atoms with E-state index in [0.29, 0.717) is 12.0 Å². The molecule has 0 spiro atoms. The molecule has 3 atom stereocenters. The lowest BCUT2D eigenvalue weighted by molar-refractivity contribution is 0.312. The third-order valence-electron chi connectivity index (χ3n) is 4.55. The Balaban J connectivity index is 0.00000361. The normalized spacial score (nSPS) is 21.9. The maximum absolute atomic E-state index is 6.64. The molecule has 3 unspecified atom stereocenters. The summed E-state index contributed by atoms with van der Waals surface area (Å²) in [6.45, 7) is 7.69. The third-order valence-corrected chi connectivity index (χ3v) is 5.07. The highest BCUT2D eigenvalue weighted by Gasteiger charge is 2.36. The summed E-state index contributed by atoms with van der Waals surface area (Å²) in [6.07, 6.45) is 13.9. The van der Waals surface area contributed by atoms with E-state index >= 15 is 0 Å². The summed E-state index contributed by atoms with van der Waals surface area (Å²) in [5.74, 6) is 0.596. The van der Waals surface area contributed by atoms with Crippen LogP contribution < -0.4 is 6.15 Å². The van der Waals surface area contributed by atoms with Crippen LogP contribution in [0.4, 0.5) is 0 Å². The molecule has 1 aliphatic rings. The molecule has 122 valence electrons. The molecule has 20 heavy (non-hydrogen) atoms. The monoisotopic (exact) mass is 305 g/mol. The van der Waals surface area contributed by atoms with Crippen LogP contribution in [0, 0.1) is 5.92 Å². The Labute approximate surface area is 131 Å². The van der Waals surface area contributed by atoms with Gasteiger partial charge in [-0.2, -0.15) is 0 Å². The van der Waals surface area contributed by atoms with Crippen LogP contribution in [0.1, 0.15) is 85.0 Å². The van der Waals surface area contributed by atoms with Gasteiger partial charge in [0.05, 0.1) is 12.7 Å². The Hall–Kier alpha value is 0.210. The number of rotatable bonds is 12. The predicted molar refractivity (Wildman–Crippen MR) is 90.0 cm³/mol. The topological polar surface area (TPSA) is 47.5 Å². The van der Waals surface area contributed by atoms with Crippen molar-refractivity contribution in [2.45, 2.75) is 96.0 Å². The minimum Gasteiger partial charge on any atom is -0.373 e. The molecule has 0 saturated carbocycles. The third kappa shape index (κ3) is 9.20. The number of epoxide rings is 1. The predicted octanol–water partition coefficient (Wildman–Crippen LogP) is 6.10. The fraction of sp³-hybridized carbons (Fsp3) is 1.00. The fourth-order valence-electron chi connectivity index (χ4n) is 2.72. The zero-order chi connectivity index (χ0) is 14.1. The van der Waals surface area contributed by atoms with Crippen molar-refractivity contribution < 1.29 is 4.74 Å². The highest BCUT2D eigenvalue weighted by Crippen LogP contribution is 2.36. The number of halogens is 1. The summed E-state index contributed by atoms with van der Waals surface area (Å²) in [5, 5.41) is 0. The molecule has 0 aromatic heterocycles. The molecule has 1 saturated heterocycles. The molecule has 1 rings (SSSR count). The van der Waals surface area contributed by atoms with Gasteiger partial charge in [0, 0.05) is 4.87 Å². The van der Waals surface area contributed by atoms with Crippen LogP contribution in [0.15, 0.2) is 0 Å². The van der Waals surface area contributed by atoms with Crippen LogP contribution in [-0.4, -0.2) is 17.6 Å². The van der Waals surface area contributed by atoms with Crippen molar-refractivity contribution in [3.8, 4) is 0 Å². The molecule has 0 aromatic carbocycles. The lowest BCUT2D eigenvalue weighted by Gasteiger charge is -2.29. The van der Waals surface area contributed by atoms with Crippen LogP contribution in [0.3, 0.4) is 0 Å². The van der Waals surface area contributed by atoms with E-state index in [9.17, 15) is 0 Å². The first kappa shape index (κ1) is 20.2. The zero-order valence-electron chi connectivity index (χ0n) is 13.9. The van der Waals surface area contributed by atoms with Gasteiger partial charge in [-0.15, -0.1) is 11.6 Å². The maximum Gasteiger partial charge on any atom is 0.0826 e. The molecule has 1 heterocycles. The Morgan fingerprint density at radius 2 is 1.60 bits per heavy atom. The summed E-state index contributed by atoms with van der Waals surface area (Å²) < 4.78 is 5.30. The van der Waals surface area contributed by atoms with Gasteiger partial charge < -0.3 is 10.9 Å². The first-order chi connectivity index (χ1) is 9.06.